The molecule has 16 heavy (non-hydrogen) atoms. The molecule has 1 aliphatic heterocycles. The summed E-state index contributed by atoms with van der Waals surface area (Å²) in [6.45, 7) is 2.42. The molecule has 2 rings (SSSR count). The molecule has 4 heteroatoms. The summed E-state index contributed by atoms with van der Waals surface area (Å²) in [6, 6.07) is 9.99. The summed E-state index contributed by atoms with van der Waals surface area (Å²) in [4.78, 5) is 11.7. The third-order valence-electron chi connectivity index (χ3n) is 2.74. The molecule has 0 saturated carbocycles. The van der Waals surface area contributed by atoms with Gasteiger partial charge in [0.15, 0.2) is 0 Å². The predicted octanol–water partition coefficient (Wildman–Crippen LogP) is 1.33. The first-order chi connectivity index (χ1) is 7.36. The summed E-state index contributed by atoms with van der Waals surface area (Å²) in [6.07, 6.45) is 0.959. The van der Waals surface area contributed by atoms with Crippen LogP contribution in [0.1, 0.15) is 12.0 Å². The molecule has 1 saturated heterocycles. The first-order valence-electron chi connectivity index (χ1n) is 5.38. The molecule has 0 radical (unpaired) electrons. The minimum Gasteiger partial charge on any atom is -0.352 e. The summed E-state index contributed by atoms with van der Waals surface area (Å²) >= 11 is 0. The molecule has 88 valence electrons. The van der Waals surface area contributed by atoms with E-state index in [0.717, 1.165) is 25.1 Å². The Labute approximate surface area is 102 Å². The Morgan fingerprint density at radius 1 is 1.38 bits per heavy atom. The van der Waals surface area contributed by atoms with E-state index < -0.39 is 0 Å². The lowest BCUT2D eigenvalue weighted by molar-refractivity contribution is -0.124. The fraction of sp³-hybridized carbons (Fsp3) is 0.417. The van der Waals surface area contributed by atoms with Crippen molar-refractivity contribution in [3.8, 4) is 0 Å². The van der Waals surface area contributed by atoms with E-state index in [2.05, 4.69) is 10.6 Å². The highest BCUT2D eigenvalue weighted by Gasteiger charge is 2.21. The van der Waals surface area contributed by atoms with Gasteiger partial charge < -0.3 is 10.6 Å². The second-order valence-electron chi connectivity index (χ2n) is 3.89. The highest BCUT2D eigenvalue weighted by atomic mass is 35.5. The summed E-state index contributed by atoms with van der Waals surface area (Å²) in [5.74, 6) is 0.331. The number of carbonyl (C=O) groups excluding carboxylic acids is 1. The largest absolute Gasteiger partial charge is 0.352 e. The molecule has 0 bridgehead atoms. The van der Waals surface area contributed by atoms with Crippen LogP contribution in [0.2, 0.25) is 0 Å². The van der Waals surface area contributed by atoms with Gasteiger partial charge in [-0.3, -0.25) is 4.79 Å². The minimum absolute atomic E-state index is 0. The lowest BCUT2D eigenvalue weighted by Gasteiger charge is -2.09. The Morgan fingerprint density at radius 2 is 2.12 bits per heavy atom. The molecule has 0 aromatic heterocycles. The molecular weight excluding hydrogens is 224 g/mol. The average Bonchev–Trinajstić information content (AvgIpc) is 2.81. The van der Waals surface area contributed by atoms with Crippen LogP contribution in [0, 0.1) is 5.92 Å². The van der Waals surface area contributed by atoms with Crippen molar-refractivity contribution in [2.75, 3.05) is 13.1 Å². The quantitative estimate of drug-likeness (QED) is 0.837. The second kappa shape index (κ2) is 6.51. The zero-order valence-corrected chi connectivity index (χ0v) is 9.93. The number of nitrogens with one attached hydrogen (secondary N) is 2. The van der Waals surface area contributed by atoms with Crippen molar-refractivity contribution in [3.05, 3.63) is 35.9 Å². The standard InChI is InChI=1S/C12H16N2O.ClH/c15-12(11-6-7-13-9-11)14-8-10-4-2-1-3-5-10;/h1-5,11,13H,6-9H2,(H,14,15);1H/t11-;/m1./s1. The van der Waals surface area contributed by atoms with Crippen LogP contribution in [-0.2, 0) is 11.3 Å². The van der Waals surface area contributed by atoms with Gasteiger partial charge in [-0.05, 0) is 18.5 Å². The van der Waals surface area contributed by atoms with Crippen LogP contribution < -0.4 is 10.6 Å². The monoisotopic (exact) mass is 240 g/mol. The van der Waals surface area contributed by atoms with Gasteiger partial charge in [0.25, 0.3) is 0 Å². The molecule has 1 atom stereocenters. The van der Waals surface area contributed by atoms with Crippen LogP contribution in [0.25, 0.3) is 0 Å². The van der Waals surface area contributed by atoms with E-state index in [-0.39, 0.29) is 24.2 Å². The van der Waals surface area contributed by atoms with Gasteiger partial charge in [-0.2, -0.15) is 0 Å². The van der Waals surface area contributed by atoms with Crippen molar-refractivity contribution in [1.29, 1.82) is 0 Å². The van der Waals surface area contributed by atoms with Gasteiger partial charge in [0.2, 0.25) is 5.91 Å². The van der Waals surface area contributed by atoms with Crippen molar-refractivity contribution < 1.29 is 4.79 Å². The highest BCUT2D eigenvalue weighted by Crippen LogP contribution is 2.07. The normalized spacial score (nSPS) is 18.9. The Hall–Kier alpha value is -1.06. The molecule has 0 aliphatic carbocycles. The first kappa shape index (κ1) is 13.0. The van der Waals surface area contributed by atoms with Gasteiger partial charge in [0.1, 0.15) is 0 Å². The van der Waals surface area contributed by atoms with Gasteiger partial charge in [-0.15, -0.1) is 12.4 Å². The van der Waals surface area contributed by atoms with Crippen molar-refractivity contribution in [2.24, 2.45) is 5.92 Å². The molecule has 1 heterocycles. The lowest BCUT2D eigenvalue weighted by Crippen LogP contribution is -2.31. The maximum absolute atomic E-state index is 11.7. The number of hydrogen-bond donors (Lipinski definition) is 2. The van der Waals surface area contributed by atoms with Crippen LogP contribution >= 0.6 is 12.4 Å². The second-order valence-corrected chi connectivity index (χ2v) is 3.89. The summed E-state index contributed by atoms with van der Waals surface area (Å²) < 4.78 is 0. The number of benzene rings is 1. The third-order valence-corrected chi connectivity index (χ3v) is 2.74. The Bertz CT molecular complexity index is 323. The SMILES string of the molecule is Cl.O=C(NCc1ccccc1)[C@@H]1CCNC1. The van der Waals surface area contributed by atoms with Crippen LogP contribution in [0.15, 0.2) is 30.3 Å². The van der Waals surface area contributed by atoms with Gasteiger partial charge in [-0.1, -0.05) is 30.3 Å². The maximum Gasteiger partial charge on any atom is 0.224 e. The topological polar surface area (TPSA) is 41.1 Å². The number of rotatable bonds is 3. The fourth-order valence-corrected chi connectivity index (χ4v) is 1.81. The van der Waals surface area contributed by atoms with E-state index in [1.54, 1.807) is 0 Å². The maximum atomic E-state index is 11.7. The van der Waals surface area contributed by atoms with Gasteiger partial charge in [0, 0.05) is 13.1 Å². The molecule has 1 amide bonds. The smallest absolute Gasteiger partial charge is 0.224 e. The van der Waals surface area contributed by atoms with Crippen LogP contribution in [0.5, 0.6) is 0 Å². The zero-order valence-electron chi connectivity index (χ0n) is 9.11. The third kappa shape index (κ3) is 3.51. The van der Waals surface area contributed by atoms with Crippen LogP contribution in [-0.4, -0.2) is 19.0 Å². The van der Waals surface area contributed by atoms with Crippen molar-refractivity contribution in [1.82, 2.24) is 10.6 Å². The molecule has 2 N–H and O–H groups in total. The molecule has 1 fully saturated rings. The number of amides is 1. The van der Waals surface area contributed by atoms with Crippen LogP contribution in [0.4, 0.5) is 0 Å². The summed E-state index contributed by atoms with van der Waals surface area (Å²) in [5, 5.41) is 6.15. The molecule has 0 unspecified atom stereocenters. The predicted molar refractivity (Wildman–Crippen MR) is 66.5 cm³/mol. The average molecular weight is 241 g/mol. The molecule has 1 aromatic rings. The van der Waals surface area contributed by atoms with E-state index in [1.807, 2.05) is 30.3 Å². The lowest BCUT2D eigenvalue weighted by atomic mass is 10.1. The van der Waals surface area contributed by atoms with Crippen molar-refractivity contribution in [2.45, 2.75) is 13.0 Å². The Kier molecular flexibility index (Phi) is 5.29. The molecular formula is C12H17ClN2O. The van der Waals surface area contributed by atoms with E-state index in [1.165, 1.54) is 0 Å². The fourth-order valence-electron chi connectivity index (χ4n) is 1.81. The number of carbonyl (C=O) groups is 1. The van der Waals surface area contributed by atoms with Crippen LogP contribution in [0.3, 0.4) is 0 Å². The molecule has 3 nitrogen and oxygen atoms in total. The first-order valence-corrected chi connectivity index (χ1v) is 5.38. The van der Waals surface area contributed by atoms with Crippen molar-refractivity contribution in [3.63, 3.8) is 0 Å². The highest BCUT2D eigenvalue weighted by molar-refractivity contribution is 5.85. The zero-order chi connectivity index (χ0) is 10.5. The van der Waals surface area contributed by atoms with Gasteiger partial charge in [-0.25, -0.2) is 0 Å². The molecule has 0 spiro atoms. The Morgan fingerprint density at radius 3 is 2.75 bits per heavy atom. The Balaban J connectivity index is 0.00000128. The molecule has 1 aliphatic rings. The van der Waals surface area contributed by atoms with E-state index in [0.29, 0.717) is 6.54 Å². The van der Waals surface area contributed by atoms with Gasteiger partial charge in [0.05, 0.1) is 5.92 Å². The summed E-state index contributed by atoms with van der Waals surface area (Å²) in [5.41, 5.74) is 1.15. The number of halogens is 1. The van der Waals surface area contributed by atoms with E-state index >= 15 is 0 Å². The van der Waals surface area contributed by atoms with Crippen molar-refractivity contribution >= 4 is 18.3 Å². The molecule has 1 aromatic carbocycles. The van der Waals surface area contributed by atoms with E-state index in [9.17, 15) is 4.79 Å². The van der Waals surface area contributed by atoms with Gasteiger partial charge >= 0.3 is 0 Å². The minimum atomic E-state index is 0. The van der Waals surface area contributed by atoms with E-state index in [4.69, 9.17) is 0 Å². The number of hydrogen-bond acceptors (Lipinski definition) is 2. The summed E-state index contributed by atoms with van der Waals surface area (Å²) in [7, 11) is 0.